The van der Waals surface area contributed by atoms with Gasteiger partial charge in [-0.15, -0.1) is 11.3 Å². The minimum absolute atomic E-state index is 0.126. The number of hydrogen-bond acceptors (Lipinski definition) is 4. The first-order chi connectivity index (χ1) is 11.0. The van der Waals surface area contributed by atoms with Crippen LogP contribution in [0.4, 0.5) is 16.2 Å². The van der Waals surface area contributed by atoms with Crippen LogP contribution in [0.5, 0.6) is 0 Å². The van der Waals surface area contributed by atoms with E-state index in [4.69, 9.17) is 0 Å². The fourth-order valence-electron chi connectivity index (χ4n) is 2.35. The third-order valence-electron chi connectivity index (χ3n) is 3.49. The molecule has 3 rings (SSSR count). The van der Waals surface area contributed by atoms with E-state index in [1.54, 1.807) is 41.3 Å². The molecule has 0 aliphatic carbocycles. The summed E-state index contributed by atoms with van der Waals surface area (Å²) in [7, 11) is -3.57. The Morgan fingerprint density at radius 2 is 1.91 bits per heavy atom. The highest BCUT2D eigenvalue weighted by molar-refractivity contribution is 7.94. The zero-order chi connectivity index (χ0) is 16.4. The molecule has 0 spiro atoms. The van der Waals surface area contributed by atoms with Gasteiger partial charge in [-0.3, -0.25) is 9.62 Å². The topological polar surface area (TPSA) is 78.5 Å². The van der Waals surface area contributed by atoms with Gasteiger partial charge in [0.25, 0.3) is 10.0 Å². The summed E-state index contributed by atoms with van der Waals surface area (Å²) in [5.41, 5.74) is 1.22. The van der Waals surface area contributed by atoms with Crippen LogP contribution in [0, 0.1) is 6.92 Å². The summed E-state index contributed by atoms with van der Waals surface area (Å²) in [5, 5.41) is 2.78. The van der Waals surface area contributed by atoms with Crippen molar-refractivity contribution in [1.29, 1.82) is 0 Å². The molecule has 1 aromatic carbocycles. The lowest BCUT2D eigenvalue weighted by Gasteiger charge is -2.27. The number of sulfonamides is 1. The van der Waals surface area contributed by atoms with Gasteiger partial charge in [-0.05, 0) is 49.7 Å². The fourth-order valence-corrected chi connectivity index (χ4v) is 4.69. The molecule has 0 atom stereocenters. The minimum Gasteiger partial charge on any atom is -0.338 e. The summed E-state index contributed by atoms with van der Waals surface area (Å²) < 4.78 is 27.4. The van der Waals surface area contributed by atoms with Crippen molar-refractivity contribution in [1.82, 2.24) is 5.32 Å². The van der Waals surface area contributed by atoms with Gasteiger partial charge >= 0.3 is 6.03 Å². The van der Waals surface area contributed by atoms with Crippen molar-refractivity contribution in [3.05, 3.63) is 41.3 Å². The van der Waals surface area contributed by atoms with Gasteiger partial charge in [0.2, 0.25) is 0 Å². The zero-order valence-corrected chi connectivity index (χ0v) is 14.2. The highest BCUT2D eigenvalue weighted by atomic mass is 32.2. The predicted octanol–water partition coefficient (Wildman–Crippen LogP) is 2.78. The van der Waals surface area contributed by atoms with Crippen LogP contribution in [0.15, 0.2) is 40.6 Å². The highest BCUT2D eigenvalue weighted by Gasteiger charge is 2.20. The number of carbonyl (C=O) groups is 1. The largest absolute Gasteiger partial charge is 0.338 e. The molecule has 0 saturated carbocycles. The van der Waals surface area contributed by atoms with Gasteiger partial charge in [0.1, 0.15) is 4.21 Å². The molecule has 1 fully saturated rings. The Bertz CT molecular complexity index is 813. The quantitative estimate of drug-likeness (QED) is 0.889. The number of benzene rings is 1. The maximum atomic E-state index is 12.3. The summed E-state index contributed by atoms with van der Waals surface area (Å²) in [6, 6.07) is 10.0. The normalized spacial score (nSPS) is 15.3. The number of carbonyl (C=O) groups excluding carboxylic acids is 1. The van der Waals surface area contributed by atoms with Crippen molar-refractivity contribution in [2.75, 3.05) is 22.7 Å². The second-order valence-electron chi connectivity index (χ2n) is 5.25. The van der Waals surface area contributed by atoms with E-state index in [1.165, 1.54) is 11.3 Å². The number of nitrogens with zero attached hydrogens (tertiary/aromatic N) is 1. The lowest BCUT2D eigenvalue weighted by Crippen LogP contribution is -2.46. The van der Waals surface area contributed by atoms with Crippen LogP contribution in [-0.4, -0.2) is 27.5 Å². The monoisotopic (exact) mass is 351 g/mol. The lowest BCUT2D eigenvalue weighted by molar-refractivity contribution is 0.243. The number of urea groups is 1. The van der Waals surface area contributed by atoms with Gasteiger partial charge in [-0.1, -0.05) is 0 Å². The van der Waals surface area contributed by atoms with Crippen LogP contribution in [0.2, 0.25) is 0 Å². The van der Waals surface area contributed by atoms with Crippen LogP contribution in [0.3, 0.4) is 0 Å². The molecule has 0 unspecified atom stereocenters. The van der Waals surface area contributed by atoms with E-state index in [1.807, 2.05) is 6.92 Å². The lowest BCUT2D eigenvalue weighted by atomic mass is 10.2. The summed E-state index contributed by atoms with van der Waals surface area (Å²) in [4.78, 5) is 14.4. The smallest absolute Gasteiger partial charge is 0.321 e. The number of rotatable bonds is 4. The number of anilines is 2. The molecule has 122 valence electrons. The van der Waals surface area contributed by atoms with Crippen molar-refractivity contribution in [3.63, 3.8) is 0 Å². The molecule has 23 heavy (non-hydrogen) atoms. The second kappa shape index (κ2) is 6.21. The number of hydrogen-bond donors (Lipinski definition) is 2. The Morgan fingerprint density at radius 1 is 1.17 bits per heavy atom. The summed E-state index contributed by atoms with van der Waals surface area (Å²) in [5.74, 6) is 0. The first-order valence-corrected chi connectivity index (χ1v) is 9.50. The summed E-state index contributed by atoms with van der Waals surface area (Å²) in [6.07, 6.45) is 0.887. The number of aryl methyl sites for hydroxylation is 1. The van der Waals surface area contributed by atoms with Crippen molar-refractivity contribution >= 4 is 38.8 Å². The van der Waals surface area contributed by atoms with E-state index < -0.39 is 10.0 Å². The van der Waals surface area contributed by atoms with E-state index in [0.29, 0.717) is 18.8 Å². The predicted molar refractivity (Wildman–Crippen MR) is 91.7 cm³/mol. The third-order valence-corrected chi connectivity index (χ3v) is 6.37. The molecule has 0 radical (unpaired) electrons. The molecule has 1 aliphatic heterocycles. The maximum Gasteiger partial charge on any atom is 0.321 e. The number of nitrogens with one attached hydrogen (secondary N) is 2. The Balaban J connectivity index is 1.76. The number of thiophene rings is 1. The molecule has 2 aromatic rings. The van der Waals surface area contributed by atoms with E-state index in [-0.39, 0.29) is 10.2 Å². The van der Waals surface area contributed by atoms with Gasteiger partial charge in [0.05, 0.1) is 0 Å². The molecule has 8 heteroatoms. The molecule has 2 amide bonds. The first kappa shape index (κ1) is 15.8. The highest BCUT2D eigenvalue weighted by Crippen LogP contribution is 2.25. The molecule has 6 nitrogen and oxygen atoms in total. The van der Waals surface area contributed by atoms with Gasteiger partial charge in [-0.2, -0.15) is 0 Å². The molecule has 2 N–H and O–H groups in total. The van der Waals surface area contributed by atoms with Gasteiger partial charge in [0, 0.05) is 29.3 Å². The molecule has 1 aromatic heterocycles. The van der Waals surface area contributed by atoms with E-state index in [9.17, 15) is 13.2 Å². The summed E-state index contributed by atoms with van der Waals surface area (Å²) in [6.45, 7) is 3.21. The maximum absolute atomic E-state index is 12.3. The van der Waals surface area contributed by atoms with Crippen LogP contribution >= 0.6 is 11.3 Å². The van der Waals surface area contributed by atoms with Crippen LogP contribution in [-0.2, 0) is 10.0 Å². The van der Waals surface area contributed by atoms with Gasteiger partial charge < -0.3 is 5.32 Å². The van der Waals surface area contributed by atoms with E-state index in [2.05, 4.69) is 10.0 Å². The van der Waals surface area contributed by atoms with Crippen LogP contribution < -0.4 is 14.9 Å². The fraction of sp³-hybridized carbons (Fsp3) is 0.267. The second-order valence-corrected chi connectivity index (χ2v) is 8.45. The Labute approximate surface area is 139 Å². The van der Waals surface area contributed by atoms with Crippen molar-refractivity contribution < 1.29 is 13.2 Å². The molecule has 1 saturated heterocycles. The molecular weight excluding hydrogens is 334 g/mol. The molecular formula is C15H17N3O3S2. The first-order valence-electron chi connectivity index (χ1n) is 7.20. The number of amides is 2. The van der Waals surface area contributed by atoms with Gasteiger partial charge in [0.15, 0.2) is 0 Å². The Hall–Kier alpha value is -2.06. The van der Waals surface area contributed by atoms with Gasteiger partial charge in [-0.25, -0.2) is 13.2 Å². The van der Waals surface area contributed by atoms with Crippen molar-refractivity contribution in [3.8, 4) is 0 Å². The van der Waals surface area contributed by atoms with Crippen LogP contribution in [0.1, 0.15) is 11.3 Å². The van der Waals surface area contributed by atoms with Crippen molar-refractivity contribution in [2.45, 2.75) is 17.6 Å². The van der Waals surface area contributed by atoms with E-state index >= 15 is 0 Å². The molecule has 2 heterocycles. The molecule has 1 aliphatic rings. The average molecular weight is 351 g/mol. The third kappa shape index (κ3) is 3.48. The minimum atomic E-state index is -3.57. The van der Waals surface area contributed by atoms with Crippen molar-refractivity contribution in [2.24, 2.45) is 0 Å². The van der Waals surface area contributed by atoms with E-state index in [0.717, 1.165) is 17.0 Å². The summed E-state index contributed by atoms with van der Waals surface area (Å²) >= 11 is 1.23. The molecule has 0 bridgehead atoms. The standard InChI is InChI=1S/C15H17N3O3S2/c1-11-3-8-14(22-11)23(20,21)17-12-4-6-13(7-5-12)18-10-2-9-16-15(18)19/h3-8,17H,2,9-10H2,1H3,(H,16,19). The van der Waals surface area contributed by atoms with Crippen LogP contribution in [0.25, 0.3) is 0 Å². The SMILES string of the molecule is Cc1ccc(S(=O)(=O)Nc2ccc(N3CCCNC3=O)cc2)s1. The Morgan fingerprint density at radius 3 is 2.52 bits per heavy atom. The zero-order valence-electron chi connectivity index (χ0n) is 12.6. The average Bonchev–Trinajstić information content (AvgIpc) is 2.96. The Kier molecular flexibility index (Phi) is 4.27.